The second kappa shape index (κ2) is 14.0. The van der Waals surface area contributed by atoms with Crippen LogP contribution in [0.5, 0.6) is 0 Å². The third-order valence-electron chi connectivity index (χ3n) is 7.54. The van der Waals surface area contributed by atoms with Gasteiger partial charge < -0.3 is 10.2 Å². The smallest absolute Gasteiger partial charge is 0.352 e. The second-order valence-corrected chi connectivity index (χ2v) is 12.9. The zero-order valence-corrected chi connectivity index (χ0v) is 25.4. The second-order valence-electron chi connectivity index (χ2n) is 10.7. The van der Waals surface area contributed by atoms with Crippen LogP contribution in [0.15, 0.2) is 77.7 Å². The van der Waals surface area contributed by atoms with E-state index < -0.39 is 57.7 Å². The van der Waals surface area contributed by atoms with Gasteiger partial charge >= 0.3 is 6.18 Å². The highest BCUT2D eigenvalue weighted by molar-refractivity contribution is 7.92. The van der Waals surface area contributed by atoms with Gasteiger partial charge in [-0.25, -0.2) is 12.8 Å². The van der Waals surface area contributed by atoms with E-state index in [9.17, 15) is 35.6 Å². The Hall–Kier alpha value is -3.64. The molecule has 0 bridgehead atoms. The fourth-order valence-corrected chi connectivity index (χ4v) is 6.77. The van der Waals surface area contributed by atoms with Crippen LogP contribution in [0.3, 0.4) is 0 Å². The Balaban J connectivity index is 1.74. The zero-order chi connectivity index (χ0) is 32.1. The van der Waals surface area contributed by atoms with Crippen molar-refractivity contribution in [2.75, 3.05) is 10.8 Å². The molecule has 13 heteroatoms. The molecule has 7 nitrogen and oxygen atoms in total. The van der Waals surface area contributed by atoms with E-state index in [1.54, 1.807) is 6.07 Å². The first-order valence-corrected chi connectivity index (χ1v) is 15.9. The molecule has 0 spiro atoms. The van der Waals surface area contributed by atoms with Gasteiger partial charge in [-0.3, -0.25) is 13.9 Å². The molecule has 3 aromatic carbocycles. The Morgan fingerprint density at radius 2 is 1.61 bits per heavy atom. The lowest BCUT2D eigenvalue weighted by atomic mass is 9.95. The van der Waals surface area contributed by atoms with Crippen LogP contribution < -0.4 is 9.62 Å². The highest BCUT2D eigenvalue weighted by Gasteiger charge is 2.36. The number of sulfonamides is 1. The molecule has 0 aliphatic heterocycles. The van der Waals surface area contributed by atoms with E-state index in [-0.39, 0.29) is 22.5 Å². The molecule has 236 valence electrons. The number of halogens is 5. The van der Waals surface area contributed by atoms with Gasteiger partial charge in [0.25, 0.3) is 10.0 Å². The number of anilines is 1. The molecule has 3 aromatic rings. The minimum Gasteiger partial charge on any atom is -0.352 e. The van der Waals surface area contributed by atoms with Gasteiger partial charge in [0, 0.05) is 12.6 Å². The van der Waals surface area contributed by atoms with Crippen LogP contribution in [-0.4, -0.2) is 43.8 Å². The Bertz CT molecular complexity index is 1560. The van der Waals surface area contributed by atoms with Gasteiger partial charge in [0.2, 0.25) is 11.8 Å². The lowest BCUT2D eigenvalue weighted by molar-refractivity contribution is -0.139. The number of hydrogen-bond acceptors (Lipinski definition) is 4. The summed E-state index contributed by atoms with van der Waals surface area (Å²) in [6, 6.07) is 13.1. The van der Waals surface area contributed by atoms with Crippen molar-refractivity contribution in [2.45, 2.75) is 68.7 Å². The lowest BCUT2D eigenvalue weighted by Crippen LogP contribution is -2.53. The van der Waals surface area contributed by atoms with Crippen molar-refractivity contribution < 1.29 is 35.6 Å². The number of rotatable bonds is 10. The molecule has 1 N–H and O–H groups in total. The molecule has 0 unspecified atom stereocenters. The minimum atomic E-state index is -4.83. The fraction of sp³-hybridized carbons (Fsp3) is 0.355. The number of hydrogen-bond donors (Lipinski definition) is 1. The predicted octanol–water partition coefficient (Wildman–Crippen LogP) is 6.56. The molecule has 0 aromatic heterocycles. The van der Waals surface area contributed by atoms with E-state index in [2.05, 4.69) is 5.32 Å². The number of nitrogens with one attached hydrogen (secondary N) is 1. The normalized spacial score (nSPS) is 15.0. The maximum Gasteiger partial charge on any atom is 0.416 e. The molecule has 4 rings (SSSR count). The first-order chi connectivity index (χ1) is 20.8. The summed E-state index contributed by atoms with van der Waals surface area (Å²) in [5.41, 5.74) is -1.27. The van der Waals surface area contributed by atoms with Crippen LogP contribution in [0, 0.1) is 5.82 Å². The molecule has 0 heterocycles. The van der Waals surface area contributed by atoms with Crippen molar-refractivity contribution in [1.82, 2.24) is 10.2 Å². The van der Waals surface area contributed by atoms with Crippen LogP contribution in [-0.2, 0) is 32.3 Å². The maximum atomic E-state index is 14.0. The number of carbonyl (C=O) groups excluding carboxylic acids is 2. The summed E-state index contributed by atoms with van der Waals surface area (Å²) in [5.74, 6) is -1.87. The summed E-state index contributed by atoms with van der Waals surface area (Å²) >= 11 is 6.27. The third-order valence-corrected chi connectivity index (χ3v) is 9.63. The van der Waals surface area contributed by atoms with Crippen molar-refractivity contribution in [1.29, 1.82) is 0 Å². The van der Waals surface area contributed by atoms with Crippen LogP contribution in [0.25, 0.3) is 0 Å². The molecular formula is C31H32ClF4N3O4S. The van der Waals surface area contributed by atoms with Gasteiger partial charge in [-0.1, -0.05) is 61.2 Å². The van der Waals surface area contributed by atoms with E-state index in [4.69, 9.17) is 11.6 Å². The number of alkyl halides is 3. The first kappa shape index (κ1) is 33.3. The monoisotopic (exact) mass is 653 g/mol. The van der Waals surface area contributed by atoms with Crippen molar-refractivity contribution in [3.05, 3.63) is 94.8 Å². The summed E-state index contributed by atoms with van der Waals surface area (Å²) < 4.78 is 82.9. The average molecular weight is 654 g/mol. The van der Waals surface area contributed by atoms with E-state index in [0.717, 1.165) is 43.1 Å². The van der Waals surface area contributed by atoms with Crippen LogP contribution in [0.1, 0.15) is 50.2 Å². The van der Waals surface area contributed by atoms with Gasteiger partial charge in [0.15, 0.2) is 0 Å². The molecule has 0 saturated heterocycles. The summed E-state index contributed by atoms with van der Waals surface area (Å²) in [5, 5.41) is 2.62. The number of nitrogens with zero attached hydrogens (tertiary/aromatic N) is 2. The van der Waals surface area contributed by atoms with Crippen molar-refractivity contribution >= 4 is 39.1 Å². The molecule has 44 heavy (non-hydrogen) atoms. The average Bonchev–Trinajstić information content (AvgIpc) is 3.00. The minimum absolute atomic E-state index is 0.0830. The van der Waals surface area contributed by atoms with E-state index >= 15 is 0 Å². The van der Waals surface area contributed by atoms with Gasteiger partial charge in [-0.05, 0) is 67.8 Å². The highest BCUT2D eigenvalue weighted by atomic mass is 35.5. The largest absolute Gasteiger partial charge is 0.416 e. The standard InChI is InChI=1S/C31H32ClF4N3O4S/c1-21(30(41)37-25-8-4-2-5-9-25)38(19-22-12-15-24(33)16-13-22)29(40)20-39(44(42,43)26-10-6-3-7-11-26)28-18-23(31(34,35)36)14-17-27(28)32/h3,6-7,10-18,21,25H,2,4-5,8-9,19-20H2,1H3,(H,37,41)/t21-/m0/s1. The maximum absolute atomic E-state index is 14.0. The quantitative estimate of drug-likeness (QED) is 0.251. The first-order valence-electron chi connectivity index (χ1n) is 14.1. The predicted molar refractivity (Wildman–Crippen MR) is 159 cm³/mol. The molecule has 0 radical (unpaired) electrons. The van der Waals surface area contributed by atoms with Crippen LogP contribution in [0.2, 0.25) is 5.02 Å². The molecule has 1 aliphatic rings. The van der Waals surface area contributed by atoms with Crippen molar-refractivity contribution in [3.8, 4) is 0 Å². The topological polar surface area (TPSA) is 86.8 Å². The summed E-state index contributed by atoms with van der Waals surface area (Å²) in [6.07, 6.45) is -0.320. The summed E-state index contributed by atoms with van der Waals surface area (Å²) in [6.45, 7) is 0.307. The third kappa shape index (κ3) is 8.09. The summed E-state index contributed by atoms with van der Waals surface area (Å²) in [7, 11) is -4.63. The molecule has 1 aliphatic carbocycles. The van der Waals surface area contributed by atoms with E-state index in [1.165, 1.54) is 55.5 Å². The van der Waals surface area contributed by atoms with Gasteiger partial charge in [0.1, 0.15) is 18.4 Å². The van der Waals surface area contributed by atoms with Gasteiger partial charge in [-0.2, -0.15) is 13.2 Å². The van der Waals surface area contributed by atoms with Crippen molar-refractivity contribution in [3.63, 3.8) is 0 Å². The summed E-state index contributed by atoms with van der Waals surface area (Å²) in [4.78, 5) is 28.2. The number of benzene rings is 3. The SMILES string of the molecule is C[C@@H](C(=O)NC1CCCCC1)N(Cc1ccc(F)cc1)C(=O)CN(c1cc(C(F)(F)F)ccc1Cl)S(=O)(=O)c1ccccc1. The van der Waals surface area contributed by atoms with Crippen molar-refractivity contribution in [2.24, 2.45) is 0 Å². The van der Waals surface area contributed by atoms with Crippen LogP contribution in [0.4, 0.5) is 23.2 Å². The molecule has 1 atom stereocenters. The van der Waals surface area contributed by atoms with Gasteiger partial charge in [-0.15, -0.1) is 0 Å². The fourth-order valence-electron chi connectivity index (χ4n) is 5.05. The Kier molecular flexibility index (Phi) is 10.6. The van der Waals surface area contributed by atoms with E-state index in [0.29, 0.717) is 22.0 Å². The number of amides is 2. The Morgan fingerprint density at radius 1 is 0.977 bits per heavy atom. The lowest BCUT2D eigenvalue weighted by Gasteiger charge is -2.33. The molecule has 2 amide bonds. The molecule has 1 fully saturated rings. The van der Waals surface area contributed by atoms with Gasteiger partial charge in [0.05, 0.1) is 21.2 Å². The molecular weight excluding hydrogens is 622 g/mol. The van der Waals surface area contributed by atoms with Crippen LogP contribution >= 0.6 is 11.6 Å². The Morgan fingerprint density at radius 3 is 2.23 bits per heavy atom. The van der Waals surface area contributed by atoms with E-state index in [1.807, 2.05) is 0 Å². The number of carbonyl (C=O) groups is 2. The zero-order valence-electron chi connectivity index (χ0n) is 23.9. The molecule has 1 saturated carbocycles. The Labute approximate surface area is 258 Å². The highest BCUT2D eigenvalue weighted by Crippen LogP contribution is 2.37.